The molecule has 2 aromatic rings. The van der Waals surface area contributed by atoms with Crippen molar-refractivity contribution in [1.29, 1.82) is 0 Å². The van der Waals surface area contributed by atoms with Crippen LogP contribution in [0.3, 0.4) is 0 Å². The highest BCUT2D eigenvalue weighted by molar-refractivity contribution is 6.88. The second-order valence-electron chi connectivity index (χ2n) is 9.71. The molecule has 1 atom stereocenters. The number of fused-ring (bicyclic) bond motifs is 1. The molecular weight excluding hydrogens is 467 g/mol. The number of nitrogens with one attached hydrogen (secondary N) is 1. The first-order chi connectivity index (χ1) is 16.5. The highest BCUT2D eigenvalue weighted by Crippen LogP contribution is 2.34. The molecular formula is C26H33FN2O5Si. The van der Waals surface area contributed by atoms with Gasteiger partial charge in [-0.25, -0.2) is 4.39 Å². The Labute approximate surface area is 206 Å². The zero-order valence-electron chi connectivity index (χ0n) is 20.7. The van der Waals surface area contributed by atoms with E-state index in [1.54, 1.807) is 24.3 Å². The van der Waals surface area contributed by atoms with Crippen LogP contribution < -0.4 is 15.2 Å². The van der Waals surface area contributed by atoms with Crippen molar-refractivity contribution in [3.8, 4) is 5.75 Å². The first-order valence-corrected chi connectivity index (χ1v) is 15.4. The molecule has 0 radical (unpaired) electrons. The number of anilines is 1. The number of halogens is 1. The van der Waals surface area contributed by atoms with Crippen LogP contribution in [0, 0.1) is 5.82 Å². The molecule has 9 heteroatoms. The van der Waals surface area contributed by atoms with E-state index >= 15 is 0 Å². The van der Waals surface area contributed by atoms with Crippen LogP contribution in [-0.2, 0) is 20.8 Å². The second kappa shape index (κ2) is 11.0. The molecule has 0 spiro atoms. The average molecular weight is 501 g/mol. The normalized spacial score (nSPS) is 15.3. The van der Waals surface area contributed by atoms with E-state index in [2.05, 4.69) is 5.32 Å². The summed E-state index contributed by atoms with van der Waals surface area (Å²) in [5.41, 5.74) is 1.92. The van der Waals surface area contributed by atoms with Gasteiger partial charge < -0.3 is 20.1 Å². The molecule has 1 heterocycles. The van der Waals surface area contributed by atoms with Crippen molar-refractivity contribution in [2.45, 2.75) is 58.3 Å². The molecule has 0 unspecified atom stereocenters. The van der Waals surface area contributed by atoms with E-state index in [1.807, 2.05) is 32.6 Å². The summed E-state index contributed by atoms with van der Waals surface area (Å²) < 4.78 is 20.4. The number of carboxylic acid groups (broad SMARTS) is 1. The van der Waals surface area contributed by atoms with E-state index < -0.39 is 26.0 Å². The molecule has 0 bridgehead atoms. The zero-order chi connectivity index (χ0) is 25.8. The largest absolute Gasteiger partial charge is 0.494 e. The van der Waals surface area contributed by atoms with E-state index in [9.17, 15) is 18.8 Å². The number of aliphatic carboxylic acids is 1. The summed E-state index contributed by atoms with van der Waals surface area (Å²) >= 11 is 0. The van der Waals surface area contributed by atoms with Crippen LogP contribution >= 0.6 is 0 Å². The van der Waals surface area contributed by atoms with Crippen LogP contribution in [0.4, 0.5) is 10.1 Å². The number of carboxylic acids is 1. The number of carbonyl (C=O) groups is 3. The fourth-order valence-corrected chi connectivity index (χ4v) is 5.73. The molecule has 1 aliphatic heterocycles. The second-order valence-corrected chi connectivity index (χ2v) is 14.8. The van der Waals surface area contributed by atoms with Gasteiger partial charge in [-0.05, 0) is 60.3 Å². The third-order valence-corrected chi connectivity index (χ3v) is 8.07. The summed E-state index contributed by atoms with van der Waals surface area (Å²) in [4.78, 5) is 38.9. The van der Waals surface area contributed by atoms with Crippen molar-refractivity contribution in [3.05, 3.63) is 53.3 Å². The van der Waals surface area contributed by atoms with Gasteiger partial charge in [0, 0.05) is 25.1 Å². The van der Waals surface area contributed by atoms with Crippen molar-refractivity contribution in [1.82, 2.24) is 4.90 Å². The highest BCUT2D eigenvalue weighted by Gasteiger charge is 2.36. The Kier molecular flexibility index (Phi) is 8.32. The van der Waals surface area contributed by atoms with Crippen LogP contribution in [0.2, 0.25) is 19.6 Å². The van der Waals surface area contributed by atoms with Crippen LogP contribution in [0.5, 0.6) is 5.75 Å². The number of amides is 2. The molecule has 1 aliphatic rings. The van der Waals surface area contributed by atoms with E-state index in [4.69, 9.17) is 9.84 Å². The minimum Gasteiger partial charge on any atom is -0.494 e. The Morgan fingerprint density at radius 1 is 1.14 bits per heavy atom. The summed E-state index contributed by atoms with van der Waals surface area (Å²) in [6.07, 6.45) is 0.651. The molecule has 2 amide bonds. The fourth-order valence-electron chi connectivity index (χ4n) is 4.36. The number of hydrogen-bond donors (Lipinski definition) is 2. The lowest BCUT2D eigenvalue weighted by molar-refractivity contribution is -0.140. The first kappa shape index (κ1) is 26.4. The molecule has 2 aromatic carbocycles. The number of rotatable bonds is 9. The molecule has 0 aromatic heterocycles. The lowest BCUT2D eigenvalue weighted by Crippen LogP contribution is -2.45. The van der Waals surface area contributed by atoms with E-state index in [0.717, 1.165) is 5.56 Å². The van der Waals surface area contributed by atoms with Gasteiger partial charge in [0.1, 0.15) is 17.6 Å². The minimum absolute atomic E-state index is 0.0297. The van der Waals surface area contributed by atoms with E-state index in [0.29, 0.717) is 41.8 Å². The van der Waals surface area contributed by atoms with Crippen molar-refractivity contribution in [3.63, 3.8) is 0 Å². The highest BCUT2D eigenvalue weighted by atomic mass is 28.3. The Morgan fingerprint density at radius 2 is 1.89 bits per heavy atom. The zero-order valence-corrected chi connectivity index (χ0v) is 21.7. The Hall–Kier alpha value is -3.20. The van der Waals surface area contributed by atoms with Gasteiger partial charge in [-0.1, -0.05) is 31.8 Å². The third-order valence-electron chi connectivity index (χ3n) is 6.05. The maximum absolute atomic E-state index is 14.8. The molecule has 0 aliphatic carbocycles. The summed E-state index contributed by atoms with van der Waals surface area (Å²) in [5, 5.41) is 12.4. The third kappa shape index (κ3) is 6.48. The molecule has 0 fully saturated rings. The van der Waals surface area contributed by atoms with Crippen molar-refractivity contribution in [2.24, 2.45) is 0 Å². The molecule has 3 rings (SSSR count). The van der Waals surface area contributed by atoms with Gasteiger partial charge in [0.15, 0.2) is 0 Å². The SMILES string of the molecule is CCOc1ccc2c(c1)CCN(C(=O)CCCC(=O)O)[C@H]2C(=O)Nc1ccc([Si](C)(C)C)c(F)c1. The number of ether oxygens (including phenoxy) is 1. The quantitative estimate of drug-likeness (QED) is 0.506. The van der Waals surface area contributed by atoms with Crippen molar-refractivity contribution in [2.75, 3.05) is 18.5 Å². The lowest BCUT2D eigenvalue weighted by atomic mass is 9.91. The van der Waals surface area contributed by atoms with Crippen molar-refractivity contribution < 1.29 is 28.6 Å². The number of carbonyl (C=O) groups excluding carboxylic acids is 2. The number of nitrogens with zero attached hydrogens (tertiary/aromatic N) is 1. The Bertz CT molecular complexity index is 1120. The summed E-state index contributed by atoms with van der Waals surface area (Å²) in [6.45, 7) is 8.86. The van der Waals surface area contributed by atoms with Gasteiger partial charge in [0.05, 0.1) is 14.7 Å². The summed E-state index contributed by atoms with van der Waals surface area (Å²) in [7, 11) is -1.87. The van der Waals surface area contributed by atoms with Gasteiger partial charge >= 0.3 is 5.97 Å². The van der Waals surface area contributed by atoms with Crippen LogP contribution in [0.25, 0.3) is 0 Å². The van der Waals surface area contributed by atoms with E-state index in [-0.39, 0.29) is 31.0 Å². The summed E-state index contributed by atoms with van der Waals surface area (Å²) in [6, 6.07) is 9.26. The smallest absolute Gasteiger partial charge is 0.303 e. The summed E-state index contributed by atoms with van der Waals surface area (Å²) in [5.74, 6) is -1.36. The fraction of sp³-hybridized carbons (Fsp3) is 0.423. The van der Waals surface area contributed by atoms with Crippen LogP contribution in [0.15, 0.2) is 36.4 Å². The average Bonchev–Trinajstić information content (AvgIpc) is 2.77. The van der Waals surface area contributed by atoms with Crippen LogP contribution in [-0.4, -0.2) is 49.0 Å². The predicted molar refractivity (Wildman–Crippen MR) is 135 cm³/mol. The van der Waals surface area contributed by atoms with Gasteiger partial charge in [-0.3, -0.25) is 14.4 Å². The molecule has 0 saturated carbocycles. The molecule has 2 N–H and O–H groups in total. The van der Waals surface area contributed by atoms with E-state index in [1.165, 1.54) is 11.0 Å². The topological polar surface area (TPSA) is 95.9 Å². The minimum atomic E-state index is -1.87. The Morgan fingerprint density at radius 3 is 2.51 bits per heavy atom. The van der Waals surface area contributed by atoms with Gasteiger partial charge in [-0.2, -0.15) is 0 Å². The van der Waals surface area contributed by atoms with Gasteiger partial charge in [-0.15, -0.1) is 0 Å². The predicted octanol–water partition coefficient (Wildman–Crippen LogP) is 4.09. The monoisotopic (exact) mass is 500 g/mol. The molecule has 188 valence electrons. The van der Waals surface area contributed by atoms with Crippen LogP contribution in [0.1, 0.15) is 43.4 Å². The Balaban J connectivity index is 1.90. The standard InChI is InChI=1S/C26H33FN2O5Si/c1-5-34-19-10-11-20-17(15-19)13-14-29(23(30)7-6-8-24(31)32)25(20)26(33)28-18-9-12-22(21(27)16-18)35(2,3)4/h9-12,15-16,25H,5-8,13-14H2,1-4H3,(H,28,33)(H,31,32)/t25-/m1/s1. The molecule has 35 heavy (non-hydrogen) atoms. The van der Waals surface area contributed by atoms with Gasteiger partial charge in [0.2, 0.25) is 5.91 Å². The van der Waals surface area contributed by atoms with Gasteiger partial charge in [0.25, 0.3) is 5.91 Å². The number of hydrogen-bond acceptors (Lipinski definition) is 4. The molecule has 7 nitrogen and oxygen atoms in total. The lowest BCUT2D eigenvalue weighted by Gasteiger charge is -2.36. The molecule has 0 saturated heterocycles. The van der Waals surface area contributed by atoms with Crippen molar-refractivity contribution >= 4 is 36.7 Å². The maximum Gasteiger partial charge on any atom is 0.303 e. The first-order valence-electron chi connectivity index (χ1n) is 11.9. The maximum atomic E-state index is 14.8. The number of benzene rings is 2.